The van der Waals surface area contributed by atoms with Crippen molar-refractivity contribution in [3.05, 3.63) is 29.8 Å². The Kier molecular flexibility index (Phi) is 8.22. The molecule has 10 nitrogen and oxygen atoms in total. The van der Waals surface area contributed by atoms with Crippen LogP contribution in [0, 0.1) is 0 Å². The molecule has 0 radical (unpaired) electrons. The number of rotatable bonds is 10. The zero-order valence-electron chi connectivity index (χ0n) is 19.8. The molecule has 0 saturated heterocycles. The smallest absolute Gasteiger partial charge is 0.405 e. The fourth-order valence-corrected chi connectivity index (χ4v) is 3.51. The van der Waals surface area contributed by atoms with Gasteiger partial charge in [-0.1, -0.05) is 19.4 Å². The number of aryl methyl sites for hydroxylation is 1. The highest BCUT2D eigenvalue weighted by molar-refractivity contribution is 5.88. The van der Waals surface area contributed by atoms with Gasteiger partial charge in [-0.15, -0.1) is 10.2 Å². The Bertz CT molecular complexity index is 1210. The van der Waals surface area contributed by atoms with Gasteiger partial charge in [0.1, 0.15) is 35.8 Å². The first-order valence-electron chi connectivity index (χ1n) is 10.9. The molecule has 0 fully saturated rings. The van der Waals surface area contributed by atoms with Crippen LogP contribution >= 0.6 is 0 Å². The number of ether oxygens (including phenoxy) is 2. The van der Waals surface area contributed by atoms with Crippen LogP contribution in [-0.2, 0) is 17.6 Å². The van der Waals surface area contributed by atoms with Gasteiger partial charge in [0.2, 0.25) is 17.7 Å². The fourth-order valence-electron chi connectivity index (χ4n) is 3.51. The van der Waals surface area contributed by atoms with Crippen molar-refractivity contribution in [2.24, 2.45) is 0 Å². The predicted octanol–water partition coefficient (Wildman–Crippen LogP) is 3.79. The zero-order valence-corrected chi connectivity index (χ0v) is 19.8. The van der Waals surface area contributed by atoms with Crippen molar-refractivity contribution >= 4 is 5.91 Å². The van der Waals surface area contributed by atoms with Gasteiger partial charge in [0.25, 0.3) is 5.89 Å². The number of amides is 1. The van der Waals surface area contributed by atoms with E-state index in [-0.39, 0.29) is 22.9 Å². The summed E-state index contributed by atoms with van der Waals surface area (Å²) in [5.41, 5.74) is 0.650. The van der Waals surface area contributed by atoms with E-state index in [1.165, 1.54) is 14.2 Å². The van der Waals surface area contributed by atoms with E-state index < -0.39 is 36.7 Å². The molecular formula is C23H25F3N4O6. The quantitative estimate of drug-likeness (QED) is 0.372. The first kappa shape index (κ1) is 26.6. The number of aromatic hydroxyl groups is 2. The highest BCUT2D eigenvalue weighted by Crippen LogP contribution is 2.49. The number of methoxy groups -OCH3 is 2. The molecule has 0 bridgehead atoms. The maximum Gasteiger partial charge on any atom is 0.405 e. The number of pyridine rings is 1. The van der Waals surface area contributed by atoms with Gasteiger partial charge in [-0.25, -0.2) is 4.98 Å². The van der Waals surface area contributed by atoms with Crippen LogP contribution in [0.5, 0.6) is 23.1 Å². The highest BCUT2D eigenvalue weighted by Gasteiger charge is 2.30. The van der Waals surface area contributed by atoms with E-state index in [9.17, 15) is 28.2 Å². The summed E-state index contributed by atoms with van der Waals surface area (Å²) in [6.45, 7) is 0.462. The molecular weight excluding hydrogens is 485 g/mol. The van der Waals surface area contributed by atoms with E-state index in [1.807, 2.05) is 6.92 Å². The summed E-state index contributed by atoms with van der Waals surface area (Å²) < 4.78 is 53.3. The van der Waals surface area contributed by atoms with Gasteiger partial charge in [-0.2, -0.15) is 13.2 Å². The number of benzene rings is 1. The number of carbonyl (C=O) groups excluding carboxylic acids is 1. The molecule has 0 atom stereocenters. The van der Waals surface area contributed by atoms with Crippen LogP contribution in [0.4, 0.5) is 13.2 Å². The molecule has 3 rings (SSSR count). The molecule has 3 aromatic rings. The van der Waals surface area contributed by atoms with Gasteiger partial charge >= 0.3 is 6.18 Å². The van der Waals surface area contributed by atoms with Crippen LogP contribution in [0.3, 0.4) is 0 Å². The van der Waals surface area contributed by atoms with Crippen LogP contribution in [-0.4, -0.2) is 58.2 Å². The Morgan fingerprint density at radius 1 is 1.08 bits per heavy atom. The number of nitrogens with one attached hydrogen (secondary N) is 1. The first-order chi connectivity index (χ1) is 17.1. The molecule has 36 heavy (non-hydrogen) atoms. The molecule has 2 aromatic heterocycles. The van der Waals surface area contributed by atoms with Crippen LogP contribution < -0.4 is 14.8 Å². The van der Waals surface area contributed by atoms with Crippen molar-refractivity contribution in [3.8, 4) is 45.7 Å². The lowest BCUT2D eigenvalue weighted by molar-refractivity contribution is -0.138. The number of unbranched alkanes of at least 4 members (excludes halogenated alkanes) is 1. The highest BCUT2D eigenvalue weighted by atomic mass is 19.4. The van der Waals surface area contributed by atoms with Crippen LogP contribution in [0.25, 0.3) is 22.6 Å². The largest absolute Gasteiger partial charge is 0.506 e. The molecule has 1 aromatic carbocycles. The SMILES string of the molecule is CCCCc1nc(O)c(-c2nnc(CC(=O)NCC(F)(F)F)o2)c(O)c1-c1c(OC)cccc1OC. The summed E-state index contributed by atoms with van der Waals surface area (Å²) in [4.78, 5) is 16.0. The molecule has 194 valence electrons. The summed E-state index contributed by atoms with van der Waals surface area (Å²) in [6.07, 6.45) is -3.29. The van der Waals surface area contributed by atoms with Crippen molar-refractivity contribution in [2.45, 2.75) is 38.8 Å². The third-order valence-electron chi connectivity index (χ3n) is 5.15. The summed E-state index contributed by atoms with van der Waals surface area (Å²) in [5.74, 6) is -2.02. The minimum atomic E-state index is -4.58. The normalized spacial score (nSPS) is 11.4. The van der Waals surface area contributed by atoms with E-state index in [0.717, 1.165) is 6.42 Å². The maximum absolute atomic E-state index is 12.3. The van der Waals surface area contributed by atoms with Crippen molar-refractivity contribution in [2.75, 3.05) is 20.8 Å². The third-order valence-corrected chi connectivity index (χ3v) is 5.15. The number of hydrogen-bond acceptors (Lipinski definition) is 9. The van der Waals surface area contributed by atoms with Gasteiger partial charge in [0, 0.05) is 0 Å². The van der Waals surface area contributed by atoms with Crippen molar-refractivity contribution in [1.82, 2.24) is 20.5 Å². The summed E-state index contributed by atoms with van der Waals surface area (Å²) in [7, 11) is 2.90. The lowest BCUT2D eigenvalue weighted by atomic mass is 9.95. The average Bonchev–Trinajstić information content (AvgIpc) is 3.28. The second kappa shape index (κ2) is 11.1. The Morgan fingerprint density at radius 2 is 1.75 bits per heavy atom. The number of alkyl halides is 3. The third kappa shape index (κ3) is 5.96. The Labute approximate surface area is 204 Å². The van der Waals surface area contributed by atoms with E-state index in [0.29, 0.717) is 35.6 Å². The van der Waals surface area contributed by atoms with Gasteiger partial charge in [-0.3, -0.25) is 4.79 Å². The van der Waals surface area contributed by atoms with Crippen LogP contribution in [0.1, 0.15) is 31.4 Å². The lowest BCUT2D eigenvalue weighted by Gasteiger charge is -2.18. The standard InChI is InChI=1S/C23H25F3N4O6/c1-4-5-7-12-17(18-13(34-2)8-6-9-14(18)35-3)20(32)19(21(33)28-12)22-30-29-16(36-22)10-15(31)27-11-23(24,25)26/h6,8-9H,4-5,7,10-11H2,1-3H3,(H,27,31)(H2,28,32,33). The second-order valence-electron chi connectivity index (χ2n) is 7.69. The topological polar surface area (TPSA) is 140 Å². The molecule has 0 aliphatic heterocycles. The Hall–Kier alpha value is -4.03. The molecule has 0 saturated carbocycles. The molecule has 2 heterocycles. The second-order valence-corrected chi connectivity index (χ2v) is 7.69. The van der Waals surface area contributed by atoms with Crippen molar-refractivity contribution in [3.63, 3.8) is 0 Å². The number of aromatic nitrogens is 3. The van der Waals surface area contributed by atoms with E-state index >= 15 is 0 Å². The van der Waals surface area contributed by atoms with Gasteiger partial charge in [-0.05, 0) is 25.0 Å². The number of nitrogens with zero attached hydrogens (tertiary/aromatic N) is 3. The maximum atomic E-state index is 12.3. The first-order valence-corrected chi connectivity index (χ1v) is 10.9. The summed E-state index contributed by atoms with van der Waals surface area (Å²) >= 11 is 0. The van der Waals surface area contributed by atoms with Crippen molar-refractivity contribution in [1.29, 1.82) is 0 Å². The van der Waals surface area contributed by atoms with Crippen LogP contribution in [0.15, 0.2) is 22.6 Å². The van der Waals surface area contributed by atoms with Gasteiger partial charge < -0.3 is 29.4 Å². The molecule has 0 unspecified atom stereocenters. The van der Waals surface area contributed by atoms with E-state index in [2.05, 4.69) is 15.2 Å². The summed E-state index contributed by atoms with van der Waals surface area (Å²) in [6, 6.07) is 5.03. The number of hydrogen-bond donors (Lipinski definition) is 3. The molecule has 0 aliphatic rings. The number of carbonyl (C=O) groups is 1. The molecule has 13 heteroatoms. The monoisotopic (exact) mass is 510 g/mol. The average molecular weight is 510 g/mol. The van der Waals surface area contributed by atoms with Gasteiger partial charge in [0.15, 0.2) is 0 Å². The Morgan fingerprint density at radius 3 is 2.33 bits per heavy atom. The predicted molar refractivity (Wildman–Crippen MR) is 121 cm³/mol. The Balaban J connectivity index is 2.08. The molecule has 1 amide bonds. The van der Waals surface area contributed by atoms with E-state index in [4.69, 9.17) is 13.9 Å². The molecule has 3 N–H and O–H groups in total. The number of halogens is 3. The summed E-state index contributed by atoms with van der Waals surface area (Å²) in [5, 5.41) is 31.0. The minimum absolute atomic E-state index is 0.216. The van der Waals surface area contributed by atoms with E-state index in [1.54, 1.807) is 23.5 Å². The molecule has 0 aliphatic carbocycles. The van der Waals surface area contributed by atoms with Crippen molar-refractivity contribution < 1.29 is 42.1 Å². The zero-order chi connectivity index (χ0) is 26.5. The van der Waals surface area contributed by atoms with Crippen LogP contribution in [0.2, 0.25) is 0 Å². The fraction of sp³-hybridized carbons (Fsp3) is 0.391. The molecule has 0 spiro atoms. The minimum Gasteiger partial charge on any atom is -0.506 e. The van der Waals surface area contributed by atoms with Gasteiger partial charge in [0.05, 0.1) is 31.0 Å². The lowest BCUT2D eigenvalue weighted by Crippen LogP contribution is -2.34.